The highest BCUT2D eigenvalue weighted by Crippen LogP contribution is 2.17. The van der Waals surface area contributed by atoms with Crippen LogP contribution in [0, 0.1) is 15.9 Å². The van der Waals surface area contributed by atoms with Crippen molar-refractivity contribution in [1.29, 1.82) is 0 Å². The molecule has 0 atom stereocenters. The number of nitro benzene ring substituents is 1. The molecule has 0 aliphatic carbocycles. The lowest BCUT2D eigenvalue weighted by Crippen LogP contribution is -2.06. The average Bonchev–Trinajstić information content (AvgIpc) is 2.54. The molecule has 0 unspecified atom stereocenters. The summed E-state index contributed by atoms with van der Waals surface area (Å²) in [6.45, 7) is 0. The van der Waals surface area contributed by atoms with Gasteiger partial charge in [-0.3, -0.25) is 10.1 Å². The fourth-order valence-corrected chi connectivity index (χ4v) is 2.32. The summed E-state index contributed by atoms with van der Waals surface area (Å²) in [5.74, 6) is 0.0404. The molecule has 23 heavy (non-hydrogen) atoms. The minimum Gasteiger partial charge on any atom is -0.377 e. The molecule has 0 saturated carbocycles. The van der Waals surface area contributed by atoms with E-state index in [4.69, 9.17) is 5.73 Å². The molecule has 0 fully saturated rings. The molecule has 0 radical (unpaired) electrons. The maximum absolute atomic E-state index is 13.2. The number of rotatable bonds is 5. The number of amidine groups is 1. The van der Waals surface area contributed by atoms with Crippen LogP contribution < -0.4 is 5.73 Å². The first-order chi connectivity index (χ1) is 11.1. The Morgan fingerprint density at radius 2 is 2.04 bits per heavy atom. The number of nitro groups is 1. The van der Waals surface area contributed by atoms with Gasteiger partial charge in [0, 0.05) is 11.8 Å². The molecule has 2 rings (SSSR count). The van der Waals surface area contributed by atoms with E-state index in [1.165, 1.54) is 11.8 Å². The maximum atomic E-state index is 13.2. The first-order valence-corrected chi connectivity index (χ1v) is 7.52. The molecule has 0 bridgehead atoms. The minimum absolute atomic E-state index is 0.0274. The number of halogens is 1. The van der Waals surface area contributed by atoms with Crippen LogP contribution in [-0.2, 0) is 5.75 Å². The molecule has 0 aromatic heterocycles. The Morgan fingerprint density at radius 3 is 2.74 bits per heavy atom. The van der Waals surface area contributed by atoms with Crippen LogP contribution in [0.15, 0.2) is 58.7 Å². The Labute approximate surface area is 136 Å². The summed E-state index contributed by atoms with van der Waals surface area (Å²) in [6.07, 6.45) is 1.11. The number of hydrogen-bond donors (Lipinski definition) is 1. The predicted molar refractivity (Wildman–Crippen MR) is 90.0 cm³/mol. The standard InChI is InChI=1S/C15H13FN4O2S/c16-13-6-7-14(20(21)22)12(8-13)9-18-19-15(17)23-10-11-4-2-1-3-5-11/h1-9H,10H2,(H2,17,19). The fraction of sp³-hybridized carbons (Fsp3) is 0.0667. The molecule has 2 aromatic carbocycles. The van der Waals surface area contributed by atoms with Crippen molar-refractivity contribution < 1.29 is 9.31 Å². The van der Waals surface area contributed by atoms with Crippen molar-refractivity contribution >= 4 is 28.8 Å². The Kier molecular flexibility index (Phi) is 5.81. The predicted octanol–water partition coefficient (Wildman–Crippen LogP) is 3.32. The topological polar surface area (TPSA) is 93.9 Å². The summed E-state index contributed by atoms with van der Waals surface area (Å²) in [4.78, 5) is 10.2. The Balaban J connectivity index is 2.02. The van der Waals surface area contributed by atoms with Crippen LogP contribution in [0.4, 0.5) is 10.1 Å². The van der Waals surface area contributed by atoms with E-state index in [2.05, 4.69) is 10.2 Å². The third kappa shape index (κ3) is 5.19. The fourth-order valence-electron chi connectivity index (χ4n) is 1.70. The normalized spacial score (nSPS) is 11.8. The third-order valence-corrected chi connectivity index (χ3v) is 3.62. The van der Waals surface area contributed by atoms with Gasteiger partial charge in [-0.2, -0.15) is 5.10 Å². The second-order valence-corrected chi connectivity index (χ2v) is 5.41. The summed E-state index contributed by atoms with van der Waals surface area (Å²) < 4.78 is 13.2. The van der Waals surface area contributed by atoms with Gasteiger partial charge in [0.1, 0.15) is 5.82 Å². The number of nitrogens with two attached hydrogens (primary N) is 1. The summed E-state index contributed by atoms with van der Waals surface area (Å²) >= 11 is 1.28. The van der Waals surface area contributed by atoms with E-state index in [-0.39, 0.29) is 16.4 Å². The summed E-state index contributed by atoms with van der Waals surface area (Å²) in [5.41, 5.74) is 6.57. The van der Waals surface area contributed by atoms with Crippen molar-refractivity contribution in [2.45, 2.75) is 5.75 Å². The Hall–Kier alpha value is -2.74. The third-order valence-electron chi connectivity index (χ3n) is 2.77. The van der Waals surface area contributed by atoms with E-state index in [9.17, 15) is 14.5 Å². The number of hydrogen-bond acceptors (Lipinski definition) is 5. The van der Waals surface area contributed by atoms with Gasteiger partial charge in [0.15, 0.2) is 5.17 Å². The average molecular weight is 332 g/mol. The van der Waals surface area contributed by atoms with Crippen molar-refractivity contribution in [2.24, 2.45) is 15.9 Å². The van der Waals surface area contributed by atoms with Gasteiger partial charge in [-0.05, 0) is 17.7 Å². The van der Waals surface area contributed by atoms with Crippen molar-refractivity contribution in [1.82, 2.24) is 0 Å². The van der Waals surface area contributed by atoms with Crippen LogP contribution in [-0.4, -0.2) is 16.3 Å². The highest BCUT2D eigenvalue weighted by atomic mass is 32.2. The first-order valence-electron chi connectivity index (χ1n) is 6.53. The second-order valence-electron chi connectivity index (χ2n) is 4.42. The molecule has 0 aliphatic heterocycles. The quantitative estimate of drug-likeness (QED) is 0.393. The van der Waals surface area contributed by atoms with Gasteiger partial charge in [-0.15, -0.1) is 5.10 Å². The van der Waals surface area contributed by atoms with Gasteiger partial charge in [0.05, 0.1) is 16.7 Å². The number of thioether (sulfide) groups is 1. The molecule has 0 heterocycles. The van der Waals surface area contributed by atoms with Gasteiger partial charge in [0.25, 0.3) is 5.69 Å². The van der Waals surface area contributed by atoms with Crippen LogP contribution in [0.3, 0.4) is 0 Å². The van der Waals surface area contributed by atoms with Crippen LogP contribution >= 0.6 is 11.8 Å². The summed E-state index contributed by atoms with van der Waals surface area (Å²) in [6, 6.07) is 12.8. The highest BCUT2D eigenvalue weighted by molar-refractivity contribution is 8.13. The Morgan fingerprint density at radius 1 is 1.30 bits per heavy atom. The van der Waals surface area contributed by atoms with Gasteiger partial charge in [-0.1, -0.05) is 42.1 Å². The first kappa shape index (κ1) is 16.6. The maximum Gasteiger partial charge on any atom is 0.278 e. The highest BCUT2D eigenvalue weighted by Gasteiger charge is 2.12. The zero-order valence-corrected chi connectivity index (χ0v) is 12.7. The van der Waals surface area contributed by atoms with Crippen molar-refractivity contribution in [2.75, 3.05) is 0 Å². The number of benzene rings is 2. The van der Waals surface area contributed by atoms with Gasteiger partial charge < -0.3 is 5.73 Å². The van der Waals surface area contributed by atoms with Crippen LogP contribution in [0.2, 0.25) is 0 Å². The number of nitrogens with zero attached hydrogens (tertiary/aromatic N) is 3. The molecule has 0 aliphatic rings. The summed E-state index contributed by atoms with van der Waals surface area (Å²) in [5, 5.41) is 18.5. The zero-order chi connectivity index (χ0) is 16.7. The van der Waals surface area contributed by atoms with Crippen LogP contribution in [0.25, 0.3) is 0 Å². The smallest absolute Gasteiger partial charge is 0.278 e. The zero-order valence-electron chi connectivity index (χ0n) is 11.9. The van der Waals surface area contributed by atoms with Crippen molar-refractivity contribution in [3.8, 4) is 0 Å². The minimum atomic E-state index is -0.613. The van der Waals surface area contributed by atoms with Gasteiger partial charge >= 0.3 is 0 Å². The second kappa shape index (κ2) is 8.04. The molecule has 0 saturated heterocycles. The van der Waals surface area contributed by atoms with Crippen molar-refractivity contribution in [3.05, 3.63) is 75.6 Å². The van der Waals surface area contributed by atoms with Gasteiger partial charge in [-0.25, -0.2) is 4.39 Å². The molecule has 2 aromatic rings. The lowest BCUT2D eigenvalue weighted by Gasteiger charge is -1.99. The monoisotopic (exact) mass is 332 g/mol. The van der Waals surface area contributed by atoms with E-state index in [0.717, 1.165) is 30.0 Å². The van der Waals surface area contributed by atoms with Gasteiger partial charge in [0.2, 0.25) is 0 Å². The van der Waals surface area contributed by atoms with Crippen LogP contribution in [0.5, 0.6) is 0 Å². The van der Waals surface area contributed by atoms with E-state index in [1.807, 2.05) is 30.3 Å². The molecule has 8 heteroatoms. The lowest BCUT2D eigenvalue weighted by atomic mass is 10.2. The molecular weight excluding hydrogens is 319 g/mol. The molecule has 0 spiro atoms. The Bertz CT molecular complexity index is 750. The van der Waals surface area contributed by atoms with Crippen molar-refractivity contribution in [3.63, 3.8) is 0 Å². The lowest BCUT2D eigenvalue weighted by molar-refractivity contribution is -0.385. The molecule has 118 valence electrons. The molecule has 6 nitrogen and oxygen atoms in total. The molecular formula is C15H13FN4O2S. The van der Waals surface area contributed by atoms with E-state index >= 15 is 0 Å². The molecule has 0 amide bonds. The summed E-state index contributed by atoms with van der Waals surface area (Å²) in [7, 11) is 0. The van der Waals surface area contributed by atoms with Crippen LogP contribution in [0.1, 0.15) is 11.1 Å². The molecule has 2 N–H and O–H groups in total. The van der Waals surface area contributed by atoms with E-state index < -0.39 is 10.7 Å². The SMILES string of the molecule is NC(=NN=Cc1cc(F)ccc1[N+](=O)[O-])SCc1ccccc1. The van der Waals surface area contributed by atoms with E-state index in [1.54, 1.807) is 0 Å². The largest absolute Gasteiger partial charge is 0.377 e. The van der Waals surface area contributed by atoms with E-state index in [0.29, 0.717) is 5.75 Å².